The van der Waals surface area contributed by atoms with Crippen molar-refractivity contribution in [3.8, 4) is 0 Å². The van der Waals surface area contributed by atoms with E-state index in [1.165, 1.54) is 18.3 Å². The molecule has 0 radical (unpaired) electrons. The number of alkyl halides is 3. The van der Waals surface area contributed by atoms with Gasteiger partial charge < -0.3 is 5.32 Å². The number of nitrogens with zero attached hydrogens (tertiary/aromatic N) is 2. The summed E-state index contributed by atoms with van der Waals surface area (Å²) >= 11 is 0. The summed E-state index contributed by atoms with van der Waals surface area (Å²) in [6.07, 6.45) is -1.34. The third-order valence-corrected chi connectivity index (χ3v) is 3.08. The van der Waals surface area contributed by atoms with Gasteiger partial charge in [-0.15, -0.1) is 0 Å². The smallest absolute Gasteiger partial charge is 0.305 e. The molecular formula is C15H16F3N3. The predicted molar refractivity (Wildman–Crippen MR) is 73.7 cm³/mol. The third kappa shape index (κ3) is 3.58. The molecule has 0 aliphatic heterocycles. The van der Waals surface area contributed by atoms with Gasteiger partial charge in [-0.25, -0.2) is 0 Å². The Labute approximate surface area is 121 Å². The van der Waals surface area contributed by atoms with Gasteiger partial charge in [-0.2, -0.15) is 13.2 Å². The highest BCUT2D eigenvalue weighted by atomic mass is 19.4. The van der Waals surface area contributed by atoms with Crippen LogP contribution >= 0.6 is 0 Å². The first kappa shape index (κ1) is 15.4. The highest BCUT2D eigenvalue weighted by Gasteiger charge is 2.35. The van der Waals surface area contributed by atoms with Gasteiger partial charge in [-0.05, 0) is 25.1 Å². The van der Waals surface area contributed by atoms with Crippen molar-refractivity contribution in [3.05, 3.63) is 59.2 Å². The lowest BCUT2D eigenvalue weighted by Gasteiger charge is -2.22. The number of aromatic nitrogens is 2. The van der Waals surface area contributed by atoms with Crippen molar-refractivity contribution in [2.45, 2.75) is 26.1 Å². The Morgan fingerprint density at radius 2 is 1.86 bits per heavy atom. The first-order chi connectivity index (χ1) is 9.93. The van der Waals surface area contributed by atoms with Gasteiger partial charge in [0, 0.05) is 6.20 Å². The Hall–Kier alpha value is -1.95. The van der Waals surface area contributed by atoms with E-state index in [4.69, 9.17) is 0 Å². The molecule has 2 aromatic rings. The number of nitrogens with one attached hydrogen (secondary N) is 1. The minimum Gasteiger partial charge on any atom is -0.305 e. The minimum absolute atomic E-state index is 0.157. The van der Waals surface area contributed by atoms with Gasteiger partial charge in [0.2, 0.25) is 0 Å². The van der Waals surface area contributed by atoms with E-state index >= 15 is 0 Å². The molecule has 112 valence electrons. The molecule has 0 amide bonds. The Morgan fingerprint density at radius 3 is 2.43 bits per heavy atom. The summed E-state index contributed by atoms with van der Waals surface area (Å²) < 4.78 is 39.5. The Morgan fingerprint density at radius 1 is 1.14 bits per heavy atom. The van der Waals surface area contributed by atoms with E-state index < -0.39 is 17.8 Å². The first-order valence-electron chi connectivity index (χ1n) is 6.61. The van der Waals surface area contributed by atoms with E-state index in [9.17, 15) is 13.2 Å². The summed E-state index contributed by atoms with van der Waals surface area (Å²) in [5, 5.41) is 3.04. The number of aryl methyl sites for hydroxylation is 1. The molecule has 0 saturated heterocycles. The summed E-state index contributed by atoms with van der Waals surface area (Å²) in [6, 6.07) is 4.90. The Bertz CT molecular complexity index is 594. The van der Waals surface area contributed by atoms with E-state index in [1.54, 1.807) is 19.2 Å². The van der Waals surface area contributed by atoms with Gasteiger partial charge >= 0.3 is 6.18 Å². The van der Waals surface area contributed by atoms with Crippen LogP contribution in [0.3, 0.4) is 0 Å². The van der Waals surface area contributed by atoms with Crippen molar-refractivity contribution < 1.29 is 13.2 Å². The van der Waals surface area contributed by atoms with E-state index in [2.05, 4.69) is 15.3 Å². The van der Waals surface area contributed by atoms with Crippen LogP contribution < -0.4 is 5.32 Å². The van der Waals surface area contributed by atoms with Crippen LogP contribution in [0.1, 0.15) is 35.5 Å². The molecule has 1 atom stereocenters. The van der Waals surface area contributed by atoms with Crippen LogP contribution in [0, 0.1) is 6.92 Å². The lowest BCUT2D eigenvalue weighted by molar-refractivity contribution is -0.138. The van der Waals surface area contributed by atoms with Crippen LogP contribution in [0.4, 0.5) is 13.2 Å². The second-order valence-electron chi connectivity index (χ2n) is 4.66. The average molecular weight is 295 g/mol. The number of benzene rings is 1. The standard InChI is InChI=1S/C15H16F3N3/c1-3-19-14(13-9-20-10(2)8-21-13)11-6-4-5-7-12(11)15(16,17)18/h4-9,14,19H,3H2,1-2H3. The second kappa shape index (κ2) is 6.22. The maximum Gasteiger partial charge on any atom is 0.416 e. The van der Waals surface area contributed by atoms with Gasteiger partial charge in [0.25, 0.3) is 0 Å². The van der Waals surface area contributed by atoms with Crippen molar-refractivity contribution in [1.82, 2.24) is 15.3 Å². The predicted octanol–water partition coefficient (Wildman–Crippen LogP) is 3.50. The lowest BCUT2D eigenvalue weighted by atomic mass is 9.97. The molecule has 0 spiro atoms. The summed E-state index contributed by atoms with van der Waals surface area (Å²) in [5.74, 6) is 0. The van der Waals surface area contributed by atoms with Gasteiger partial charge in [0.15, 0.2) is 0 Å². The van der Waals surface area contributed by atoms with Crippen molar-refractivity contribution in [2.75, 3.05) is 6.54 Å². The average Bonchev–Trinajstić information content (AvgIpc) is 2.45. The maximum atomic E-state index is 13.2. The topological polar surface area (TPSA) is 37.8 Å². The van der Waals surface area contributed by atoms with Gasteiger partial charge in [0.1, 0.15) is 0 Å². The van der Waals surface area contributed by atoms with Crippen LogP contribution in [0.15, 0.2) is 36.7 Å². The van der Waals surface area contributed by atoms with Crippen molar-refractivity contribution in [3.63, 3.8) is 0 Å². The van der Waals surface area contributed by atoms with Gasteiger partial charge in [0.05, 0.1) is 29.2 Å². The van der Waals surface area contributed by atoms with Crippen molar-refractivity contribution in [2.24, 2.45) is 0 Å². The zero-order chi connectivity index (χ0) is 15.5. The monoisotopic (exact) mass is 295 g/mol. The maximum absolute atomic E-state index is 13.2. The molecule has 0 aliphatic carbocycles. The number of halogens is 3. The molecule has 1 heterocycles. The lowest BCUT2D eigenvalue weighted by Crippen LogP contribution is -2.26. The molecule has 1 unspecified atom stereocenters. The van der Waals surface area contributed by atoms with Crippen LogP contribution in [-0.4, -0.2) is 16.5 Å². The normalized spacial score (nSPS) is 13.2. The zero-order valence-corrected chi connectivity index (χ0v) is 11.8. The summed E-state index contributed by atoms with van der Waals surface area (Å²) in [5.41, 5.74) is 0.695. The molecular weight excluding hydrogens is 279 g/mol. The van der Waals surface area contributed by atoms with Crippen LogP contribution in [0.25, 0.3) is 0 Å². The molecule has 0 bridgehead atoms. The third-order valence-electron chi connectivity index (χ3n) is 3.08. The molecule has 1 N–H and O–H groups in total. The van der Waals surface area contributed by atoms with E-state index in [1.807, 2.05) is 6.92 Å². The van der Waals surface area contributed by atoms with Crippen molar-refractivity contribution in [1.29, 1.82) is 0 Å². The van der Waals surface area contributed by atoms with Gasteiger partial charge in [-0.3, -0.25) is 9.97 Å². The van der Waals surface area contributed by atoms with E-state index in [0.717, 1.165) is 11.8 Å². The van der Waals surface area contributed by atoms with E-state index in [0.29, 0.717) is 12.2 Å². The number of rotatable bonds is 4. The van der Waals surface area contributed by atoms with Gasteiger partial charge in [-0.1, -0.05) is 25.1 Å². The van der Waals surface area contributed by atoms with Crippen molar-refractivity contribution >= 4 is 0 Å². The zero-order valence-electron chi connectivity index (χ0n) is 11.8. The van der Waals surface area contributed by atoms with Crippen LogP contribution in [0.5, 0.6) is 0 Å². The molecule has 1 aromatic heterocycles. The highest BCUT2D eigenvalue weighted by Crippen LogP contribution is 2.35. The molecule has 1 aromatic carbocycles. The fraction of sp³-hybridized carbons (Fsp3) is 0.333. The molecule has 0 aliphatic rings. The molecule has 3 nitrogen and oxygen atoms in total. The molecule has 0 fully saturated rings. The van der Waals surface area contributed by atoms with E-state index in [-0.39, 0.29) is 5.56 Å². The molecule has 21 heavy (non-hydrogen) atoms. The largest absolute Gasteiger partial charge is 0.416 e. The molecule has 2 rings (SSSR count). The summed E-state index contributed by atoms with van der Waals surface area (Å²) in [7, 11) is 0. The first-order valence-corrected chi connectivity index (χ1v) is 6.61. The fourth-order valence-electron chi connectivity index (χ4n) is 2.14. The number of hydrogen-bond acceptors (Lipinski definition) is 3. The summed E-state index contributed by atoms with van der Waals surface area (Å²) in [4.78, 5) is 8.32. The molecule has 6 heteroatoms. The number of hydrogen-bond donors (Lipinski definition) is 1. The quantitative estimate of drug-likeness (QED) is 0.938. The Kier molecular flexibility index (Phi) is 4.57. The van der Waals surface area contributed by atoms with Crippen LogP contribution in [-0.2, 0) is 6.18 Å². The fourth-order valence-corrected chi connectivity index (χ4v) is 2.14. The second-order valence-corrected chi connectivity index (χ2v) is 4.66. The minimum atomic E-state index is -4.40. The highest BCUT2D eigenvalue weighted by molar-refractivity contribution is 5.36. The SMILES string of the molecule is CCNC(c1cnc(C)cn1)c1ccccc1C(F)(F)F. The van der Waals surface area contributed by atoms with Crippen LogP contribution in [0.2, 0.25) is 0 Å². The molecule has 0 saturated carbocycles. The summed E-state index contributed by atoms with van der Waals surface area (Å²) in [6.45, 7) is 4.14. The Balaban J connectivity index is 2.51.